The lowest BCUT2D eigenvalue weighted by atomic mass is 9.89. The molecule has 3 rings (SSSR count). The molecule has 1 aliphatic rings. The van der Waals surface area contributed by atoms with Gasteiger partial charge in [0.05, 0.1) is 0 Å². The summed E-state index contributed by atoms with van der Waals surface area (Å²) in [6.07, 6.45) is 5.45. The number of likely N-dealkylation sites (tertiary alicyclic amines) is 1. The Hall–Kier alpha value is -2.34. The second kappa shape index (κ2) is 7.27. The number of aromatic nitrogens is 1. The minimum atomic E-state index is -1.58. The van der Waals surface area contributed by atoms with Gasteiger partial charge in [0.25, 0.3) is 0 Å². The Labute approximate surface area is 147 Å². The van der Waals surface area contributed by atoms with Crippen LogP contribution in [-0.4, -0.2) is 46.6 Å². The van der Waals surface area contributed by atoms with E-state index >= 15 is 0 Å². The van der Waals surface area contributed by atoms with Crippen molar-refractivity contribution in [3.05, 3.63) is 30.0 Å². The predicted molar refractivity (Wildman–Crippen MR) is 95.0 cm³/mol. The molecule has 1 aliphatic heterocycles. The van der Waals surface area contributed by atoms with Gasteiger partial charge in [-0.05, 0) is 69.1 Å². The third kappa shape index (κ3) is 3.69. The van der Waals surface area contributed by atoms with E-state index in [1.807, 2.05) is 6.07 Å². The number of esters is 1. The van der Waals surface area contributed by atoms with E-state index in [4.69, 9.17) is 9.84 Å². The SMILES string of the molecule is CCCn1cc(C2CCN(C)CC2)c2cc(OC(=O)C(=O)O)ccc21. The first-order valence-electron chi connectivity index (χ1n) is 8.76. The first-order chi connectivity index (χ1) is 12.0. The molecular formula is C19H24N2O4. The fourth-order valence-corrected chi connectivity index (χ4v) is 3.59. The van der Waals surface area contributed by atoms with Crippen LogP contribution in [0.2, 0.25) is 0 Å². The molecule has 1 aromatic heterocycles. The van der Waals surface area contributed by atoms with Gasteiger partial charge in [-0.3, -0.25) is 0 Å². The number of ether oxygens (including phenoxy) is 1. The molecule has 25 heavy (non-hydrogen) atoms. The second-order valence-corrected chi connectivity index (χ2v) is 6.73. The summed E-state index contributed by atoms with van der Waals surface area (Å²) in [6.45, 7) is 5.21. The highest BCUT2D eigenvalue weighted by Crippen LogP contribution is 2.36. The number of hydrogen-bond acceptors (Lipinski definition) is 4. The highest BCUT2D eigenvalue weighted by molar-refractivity contribution is 6.29. The Bertz CT molecular complexity index is 788. The zero-order chi connectivity index (χ0) is 18.0. The van der Waals surface area contributed by atoms with Gasteiger partial charge in [0.15, 0.2) is 0 Å². The number of aryl methyl sites for hydroxylation is 1. The van der Waals surface area contributed by atoms with Gasteiger partial charge in [0, 0.05) is 23.6 Å². The Morgan fingerprint density at radius 3 is 2.64 bits per heavy atom. The number of carbonyl (C=O) groups is 2. The Morgan fingerprint density at radius 2 is 2.00 bits per heavy atom. The second-order valence-electron chi connectivity index (χ2n) is 6.73. The van der Waals surface area contributed by atoms with Crippen LogP contribution < -0.4 is 4.74 Å². The summed E-state index contributed by atoms with van der Waals surface area (Å²) in [5, 5.41) is 9.79. The van der Waals surface area contributed by atoms with Crippen molar-refractivity contribution in [3.63, 3.8) is 0 Å². The summed E-state index contributed by atoms with van der Waals surface area (Å²) >= 11 is 0. The van der Waals surface area contributed by atoms with Crippen LogP contribution in [0, 0.1) is 0 Å². The maximum absolute atomic E-state index is 11.3. The third-order valence-electron chi connectivity index (χ3n) is 4.89. The molecule has 1 fully saturated rings. The number of benzene rings is 1. The van der Waals surface area contributed by atoms with E-state index in [9.17, 15) is 9.59 Å². The molecule has 0 aliphatic carbocycles. The lowest BCUT2D eigenvalue weighted by Gasteiger charge is -2.28. The molecule has 1 N–H and O–H groups in total. The molecule has 134 valence electrons. The normalized spacial score (nSPS) is 16.2. The van der Waals surface area contributed by atoms with Crippen LogP contribution in [0.3, 0.4) is 0 Å². The van der Waals surface area contributed by atoms with Gasteiger partial charge in [0.2, 0.25) is 0 Å². The molecule has 0 spiro atoms. The van der Waals surface area contributed by atoms with Crippen molar-refractivity contribution in [2.75, 3.05) is 20.1 Å². The number of carboxylic acids is 1. The molecule has 0 amide bonds. The summed E-state index contributed by atoms with van der Waals surface area (Å²) < 4.78 is 7.20. The van der Waals surface area contributed by atoms with Gasteiger partial charge in [-0.15, -0.1) is 0 Å². The first kappa shape index (κ1) is 17.5. The molecule has 6 heteroatoms. The number of rotatable bonds is 4. The minimum absolute atomic E-state index is 0.281. The zero-order valence-electron chi connectivity index (χ0n) is 14.7. The monoisotopic (exact) mass is 344 g/mol. The molecule has 1 saturated heterocycles. The number of aliphatic carboxylic acids is 1. The van der Waals surface area contributed by atoms with Crippen molar-refractivity contribution in [2.45, 2.75) is 38.6 Å². The zero-order valence-corrected chi connectivity index (χ0v) is 14.7. The number of fused-ring (bicyclic) bond motifs is 1. The van der Waals surface area contributed by atoms with Gasteiger partial charge in [-0.2, -0.15) is 0 Å². The minimum Gasteiger partial charge on any atom is -0.473 e. The van der Waals surface area contributed by atoms with Crippen LogP contribution in [0.4, 0.5) is 0 Å². The van der Waals surface area contributed by atoms with Crippen molar-refractivity contribution in [1.82, 2.24) is 9.47 Å². The topological polar surface area (TPSA) is 71.8 Å². The highest BCUT2D eigenvalue weighted by atomic mass is 16.6. The van der Waals surface area contributed by atoms with Crippen LogP contribution in [0.25, 0.3) is 10.9 Å². The molecule has 1 aromatic carbocycles. The van der Waals surface area contributed by atoms with E-state index in [-0.39, 0.29) is 5.75 Å². The number of piperidine rings is 1. The van der Waals surface area contributed by atoms with Crippen molar-refractivity contribution >= 4 is 22.8 Å². The molecule has 0 bridgehead atoms. The van der Waals surface area contributed by atoms with Crippen LogP contribution in [0.15, 0.2) is 24.4 Å². The molecular weight excluding hydrogens is 320 g/mol. The van der Waals surface area contributed by atoms with Crippen molar-refractivity contribution in [3.8, 4) is 5.75 Å². The highest BCUT2D eigenvalue weighted by Gasteiger charge is 2.23. The average molecular weight is 344 g/mol. The number of nitrogens with zero attached hydrogens (tertiary/aromatic N) is 2. The summed E-state index contributed by atoms with van der Waals surface area (Å²) in [5.41, 5.74) is 2.37. The molecule has 0 radical (unpaired) electrons. The Balaban J connectivity index is 1.98. The fraction of sp³-hybridized carbons (Fsp3) is 0.474. The lowest BCUT2D eigenvalue weighted by molar-refractivity contribution is -0.158. The van der Waals surface area contributed by atoms with Crippen molar-refractivity contribution in [1.29, 1.82) is 0 Å². The van der Waals surface area contributed by atoms with Crippen LogP contribution >= 0.6 is 0 Å². The molecule has 2 aromatic rings. The summed E-state index contributed by atoms with van der Waals surface area (Å²) in [6, 6.07) is 5.37. The van der Waals surface area contributed by atoms with Gasteiger partial charge in [-0.25, -0.2) is 9.59 Å². The van der Waals surface area contributed by atoms with E-state index in [0.717, 1.165) is 49.8 Å². The fourth-order valence-electron chi connectivity index (χ4n) is 3.59. The molecule has 2 heterocycles. The van der Waals surface area contributed by atoms with Crippen LogP contribution in [0.5, 0.6) is 5.75 Å². The van der Waals surface area contributed by atoms with Gasteiger partial charge < -0.3 is 19.3 Å². The maximum Gasteiger partial charge on any atom is 0.422 e. The summed E-state index contributed by atoms with van der Waals surface area (Å²) in [4.78, 5) is 24.4. The van der Waals surface area contributed by atoms with E-state index in [1.54, 1.807) is 12.1 Å². The average Bonchev–Trinajstić information content (AvgIpc) is 2.94. The van der Waals surface area contributed by atoms with Crippen LogP contribution in [0.1, 0.15) is 37.7 Å². The smallest absolute Gasteiger partial charge is 0.422 e. The predicted octanol–water partition coefficient (Wildman–Crippen LogP) is 2.85. The largest absolute Gasteiger partial charge is 0.473 e. The van der Waals surface area contributed by atoms with E-state index < -0.39 is 11.9 Å². The number of carbonyl (C=O) groups excluding carboxylic acids is 1. The molecule has 0 atom stereocenters. The number of carboxylic acid groups (broad SMARTS) is 1. The van der Waals surface area contributed by atoms with Gasteiger partial charge in [-0.1, -0.05) is 6.92 Å². The maximum atomic E-state index is 11.3. The molecule has 0 saturated carbocycles. The first-order valence-corrected chi connectivity index (χ1v) is 8.76. The quantitative estimate of drug-likeness (QED) is 0.525. The van der Waals surface area contributed by atoms with Crippen LogP contribution in [-0.2, 0) is 16.1 Å². The standard InChI is InChI=1S/C19H24N2O4/c1-3-8-21-12-16(13-6-9-20(2)10-7-13)15-11-14(4-5-17(15)21)25-19(24)18(22)23/h4-5,11-13H,3,6-10H2,1-2H3,(H,22,23). The van der Waals surface area contributed by atoms with Gasteiger partial charge >= 0.3 is 11.9 Å². The Kier molecular flexibility index (Phi) is 5.08. The summed E-state index contributed by atoms with van der Waals surface area (Å²) in [7, 11) is 2.14. The lowest BCUT2D eigenvalue weighted by Crippen LogP contribution is -2.29. The van der Waals surface area contributed by atoms with Crippen molar-refractivity contribution < 1.29 is 19.4 Å². The third-order valence-corrected chi connectivity index (χ3v) is 4.89. The molecule has 6 nitrogen and oxygen atoms in total. The molecule has 0 unspecified atom stereocenters. The van der Waals surface area contributed by atoms with Gasteiger partial charge in [0.1, 0.15) is 5.75 Å². The van der Waals surface area contributed by atoms with E-state index in [0.29, 0.717) is 5.92 Å². The Morgan fingerprint density at radius 1 is 1.28 bits per heavy atom. The van der Waals surface area contributed by atoms with E-state index in [1.165, 1.54) is 5.56 Å². The van der Waals surface area contributed by atoms with E-state index in [2.05, 4.69) is 29.6 Å². The summed E-state index contributed by atoms with van der Waals surface area (Å²) in [5.74, 6) is -2.09. The number of hydrogen-bond donors (Lipinski definition) is 1. The van der Waals surface area contributed by atoms with Crippen molar-refractivity contribution in [2.24, 2.45) is 0 Å².